The first kappa shape index (κ1) is 26.7. The molecule has 0 atom stereocenters. The minimum Gasteiger partial charge on any atom is -0.393 e. The van der Waals surface area contributed by atoms with Gasteiger partial charge in [0.25, 0.3) is 5.91 Å². The van der Waals surface area contributed by atoms with Crippen LogP contribution >= 0.6 is 0 Å². The van der Waals surface area contributed by atoms with Gasteiger partial charge in [-0.05, 0) is 109 Å². The maximum Gasteiger partial charge on any atom is 0.255 e. The summed E-state index contributed by atoms with van der Waals surface area (Å²) >= 11 is 0. The molecule has 8 heteroatoms. The van der Waals surface area contributed by atoms with Gasteiger partial charge in [-0.15, -0.1) is 0 Å². The Bertz CT molecular complexity index is 1930. The van der Waals surface area contributed by atoms with E-state index in [9.17, 15) is 14.7 Å². The van der Waals surface area contributed by atoms with Crippen molar-refractivity contribution in [2.24, 2.45) is 0 Å². The third-order valence-electron chi connectivity index (χ3n) is 8.20. The Morgan fingerprint density at radius 2 is 1.58 bits per heavy atom. The lowest BCUT2D eigenvalue weighted by Crippen LogP contribution is -2.35. The first-order chi connectivity index (χ1) is 21.0. The van der Waals surface area contributed by atoms with Crippen molar-refractivity contribution in [1.82, 2.24) is 14.8 Å². The summed E-state index contributed by atoms with van der Waals surface area (Å²) in [6, 6.07) is 28.8. The van der Waals surface area contributed by atoms with Gasteiger partial charge in [-0.25, -0.2) is 4.68 Å². The molecular weight excluding hydrogens is 538 g/mol. The summed E-state index contributed by atoms with van der Waals surface area (Å²) in [6.45, 7) is 1.63. The summed E-state index contributed by atoms with van der Waals surface area (Å²) in [5.74, 6) is -0.117. The molecule has 2 aromatic heterocycles. The average Bonchev–Trinajstić information content (AvgIpc) is 3.68. The highest BCUT2D eigenvalue weighted by atomic mass is 16.3. The van der Waals surface area contributed by atoms with Crippen LogP contribution in [0.2, 0.25) is 0 Å². The Hall–Kier alpha value is -5.21. The number of aromatic nitrogens is 3. The number of benzene rings is 4. The fourth-order valence-corrected chi connectivity index (χ4v) is 5.76. The predicted octanol–water partition coefficient (Wildman–Crippen LogP) is 6.15. The fraction of sp³-hybridized carbons (Fsp3) is 0.171. The van der Waals surface area contributed by atoms with E-state index in [1.807, 2.05) is 102 Å². The zero-order chi connectivity index (χ0) is 29.3. The van der Waals surface area contributed by atoms with Gasteiger partial charge in [0.05, 0.1) is 23.5 Å². The minimum absolute atomic E-state index is 0.0631. The number of aliphatic hydroxyl groups excluding tert-OH is 1. The largest absolute Gasteiger partial charge is 0.393 e. The highest BCUT2D eigenvalue weighted by Crippen LogP contribution is 2.25. The number of nitrogens with one attached hydrogen (secondary N) is 2. The van der Waals surface area contributed by atoms with E-state index in [2.05, 4.69) is 20.3 Å². The summed E-state index contributed by atoms with van der Waals surface area (Å²) < 4.78 is 1.83. The molecule has 7 rings (SSSR count). The topological polar surface area (TPSA) is 103 Å². The third-order valence-corrected chi connectivity index (χ3v) is 8.20. The van der Waals surface area contributed by atoms with Gasteiger partial charge < -0.3 is 20.3 Å². The standard InChI is InChI=1S/C35H31N5O3/c41-31-14-17-39(18-15-31)29-7-4-25(5-8-29)35(43)38-28-6-12-33-27(21-28)22-37-40(33)30-9-2-24(3-10-30)34(42)20-23-1-11-32-26(19-23)13-16-36-32/h1-13,16,19,21-22,31,36,41H,14-15,17-18,20H2,(H,38,43). The Morgan fingerprint density at radius 3 is 2.37 bits per heavy atom. The van der Waals surface area contributed by atoms with Crippen molar-refractivity contribution in [3.05, 3.63) is 120 Å². The number of fused-ring (bicyclic) bond motifs is 2. The first-order valence-corrected chi connectivity index (χ1v) is 14.5. The molecule has 0 radical (unpaired) electrons. The minimum atomic E-state index is -0.218. The van der Waals surface area contributed by atoms with E-state index in [4.69, 9.17) is 0 Å². The number of H-pyrrole nitrogens is 1. The lowest BCUT2D eigenvalue weighted by atomic mass is 10.0. The van der Waals surface area contributed by atoms with Crippen molar-refractivity contribution in [2.75, 3.05) is 23.3 Å². The van der Waals surface area contributed by atoms with Crippen molar-refractivity contribution >= 4 is 44.9 Å². The number of anilines is 2. The van der Waals surface area contributed by atoms with Crippen LogP contribution in [0.15, 0.2) is 103 Å². The number of carbonyl (C=O) groups excluding carboxylic acids is 2. The van der Waals surface area contributed by atoms with Crippen LogP contribution < -0.4 is 10.2 Å². The summed E-state index contributed by atoms with van der Waals surface area (Å²) in [6.07, 6.45) is 5.32. The van der Waals surface area contributed by atoms with Gasteiger partial charge in [-0.1, -0.05) is 6.07 Å². The molecule has 0 unspecified atom stereocenters. The molecule has 0 saturated carbocycles. The van der Waals surface area contributed by atoms with E-state index in [1.165, 1.54) is 0 Å². The van der Waals surface area contributed by atoms with Crippen molar-refractivity contribution in [3.63, 3.8) is 0 Å². The number of rotatable bonds is 7. The quantitative estimate of drug-likeness (QED) is 0.200. The number of hydrogen-bond acceptors (Lipinski definition) is 5. The molecule has 1 saturated heterocycles. The summed E-state index contributed by atoms with van der Waals surface area (Å²) in [4.78, 5) is 31.3. The lowest BCUT2D eigenvalue weighted by molar-refractivity contribution is 0.0991. The molecule has 1 aliphatic heterocycles. The molecule has 1 aliphatic rings. The van der Waals surface area contributed by atoms with Crippen LogP contribution in [0.3, 0.4) is 0 Å². The average molecular weight is 570 g/mol. The number of hydrogen-bond donors (Lipinski definition) is 3. The number of piperidine rings is 1. The summed E-state index contributed by atoms with van der Waals surface area (Å²) in [5, 5.41) is 19.3. The van der Waals surface area contributed by atoms with Crippen LogP contribution in [0.25, 0.3) is 27.5 Å². The Labute approximate surface area is 248 Å². The number of amides is 1. The molecule has 6 aromatic rings. The molecule has 43 heavy (non-hydrogen) atoms. The van der Waals surface area contributed by atoms with Crippen molar-refractivity contribution < 1.29 is 14.7 Å². The van der Waals surface area contributed by atoms with Crippen LogP contribution in [0.4, 0.5) is 11.4 Å². The van der Waals surface area contributed by atoms with Gasteiger partial charge in [0.1, 0.15) is 0 Å². The van der Waals surface area contributed by atoms with Crippen molar-refractivity contribution in [1.29, 1.82) is 0 Å². The summed E-state index contributed by atoms with van der Waals surface area (Å²) in [5.41, 5.74) is 6.77. The van der Waals surface area contributed by atoms with E-state index in [0.29, 0.717) is 23.2 Å². The van der Waals surface area contributed by atoms with Crippen molar-refractivity contribution in [3.8, 4) is 5.69 Å². The maximum atomic E-state index is 13.0. The van der Waals surface area contributed by atoms with Gasteiger partial charge in [0, 0.05) is 59.1 Å². The maximum absolute atomic E-state index is 13.0. The van der Waals surface area contributed by atoms with Gasteiger partial charge >= 0.3 is 0 Å². The van der Waals surface area contributed by atoms with E-state index in [-0.39, 0.29) is 17.8 Å². The normalized spacial score (nSPS) is 13.9. The lowest BCUT2D eigenvalue weighted by Gasteiger charge is -2.31. The number of aromatic amines is 1. The van der Waals surface area contributed by atoms with Crippen LogP contribution in [-0.2, 0) is 6.42 Å². The monoisotopic (exact) mass is 569 g/mol. The van der Waals surface area contributed by atoms with Gasteiger partial charge in [0.2, 0.25) is 0 Å². The van der Waals surface area contributed by atoms with Gasteiger partial charge in [-0.3, -0.25) is 9.59 Å². The Kier molecular flexibility index (Phi) is 6.96. The van der Waals surface area contributed by atoms with E-state index in [1.54, 1.807) is 6.20 Å². The second-order valence-corrected chi connectivity index (χ2v) is 11.1. The van der Waals surface area contributed by atoms with Gasteiger partial charge in [0.15, 0.2) is 5.78 Å². The van der Waals surface area contributed by atoms with E-state index in [0.717, 1.165) is 64.7 Å². The van der Waals surface area contributed by atoms with E-state index >= 15 is 0 Å². The molecule has 1 amide bonds. The number of aliphatic hydroxyl groups is 1. The van der Waals surface area contributed by atoms with E-state index < -0.39 is 0 Å². The molecule has 8 nitrogen and oxygen atoms in total. The molecule has 214 valence electrons. The van der Waals surface area contributed by atoms with Crippen molar-refractivity contribution in [2.45, 2.75) is 25.4 Å². The molecule has 4 aromatic carbocycles. The number of carbonyl (C=O) groups is 2. The highest BCUT2D eigenvalue weighted by Gasteiger charge is 2.18. The second-order valence-electron chi connectivity index (χ2n) is 11.1. The zero-order valence-electron chi connectivity index (χ0n) is 23.5. The molecule has 0 aliphatic carbocycles. The van der Waals surface area contributed by atoms with Gasteiger partial charge in [-0.2, -0.15) is 5.10 Å². The van der Waals surface area contributed by atoms with Crippen LogP contribution in [0.1, 0.15) is 39.1 Å². The smallest absolute Gasteiger partial charge is 0.255 e. The second kappa shape index (κ2) is 11.2. The SMILES string of the molecule is O=C(Cc1ccc2[nH]ccc2c1)c1ccc(-n2ncc3cc(NC(=O)c4ccc(N5CCC(O)CC5)cc4)ccc32)cc1. The predicted molar refractivity (Wildman–Crippen MR) is 169 cm³/mol. The molecule has 3 heterocycles. The van der Waals surface area contributed by atoms with Crippen LogP contribution in [-0.4, -0.2) is 50.8 Å². The number of ketones is 1. The molecule has 0 spiro atoms. The first-order valence-electron chi connectivity index (χ1n) is 14.5. The highest BCUT2D eigenvalue weighted by molar-refractivity contribution is 6.05. The Morgan fingerprint density at radius 1 is 0.837 bits per heavy atom. The third kappa shape index (κ3) is 5.52. The van der Waals surface area contributed by atoms with Crippen LogP contribution in [0.5, 0.6) is 0 Å². The molecular formula is C35H31N5O3. The Balaban J connectivity index is 1.01. The zero-order valence-corrected chi connectivity index (χ0v) is 23.5. The summed E-state index contributed by atoms with van der Waals surface area (Å²) in [7, 11) is 0. The molecule has 0 bridgehead atoms. The molecule has 1 fully saturated rings. The van der Waals surface area contributed by atoms with Crippen LogP contribution in [0, 0.1) is 0 Å². The molecule has 3 N–H and O–H groups in total. The number of Topliss-reactive ketones (excluding diaryl/α,β-unsaturated/α-hetero) is 1. The number of nitrogens with zero attached hydrogens (tertiary/aromatic N) is 3. The fourth-order valence-electron chi connectivity index (χ4n) is 5.76.